The molecule has 0 atom stereocenters. The van der Waals surface area contributed by atoms with Crippen molar-refractivity contribution in [2.75, 3.05) is 0 Å². The molecule has 2 heteroatoms. The van der Waals surface area contributed by atoms with Gasteiger partial charge < -0.3 is 6.22 Å². The molecule has 0 fully saturated rings. The minimum absolute atomic E-state index is 0. The van der Waals surface area contributed by atoms with Crippen LogP contribution in [0.5, 0.6) is 0 Å². The average molecular weight is 131 g/mol. The summed E-state index contributed by atoms with van der Waals surface area (Å²) >= 11 is 0. The summed E-state index contributed by atoms with van der Waals surface area (Å²) in [5, 5.41) is 0. The molecule has 0 bridgehead atoms. The molecular weight excluding hydrogens is 125 g/mol. The molecule has 0 aromatic carbocycles. The van der Waals surface area contributed by atoms with Crippen LogP contribution in [-0.4, -0.2) is 6.29 Å². The fourth-order valence-electron chi connectivity index (χ4n) is 0. The van der Waals surface area contributed by atoms with Crippen LogP contribution in [0.1, 0.15) is 8.35 Å². The zero-order valence-electron chi connectivity index (χ0n) is 3.99. The van der Waals surface area contributed by atoms with Crippen molar-refractivity contribution < 1.29 is 64.4 Å². The third-order valence-corrected chi connectivity index (χ3v) is 0. The van der Waals surface area contributed by atoms with Gasteiger partial charge in [-0.25, -0.2) is 0 Å². The predicted molar refractivity (Wildman–Crippen MR) is 12.9 cm³/mol. The van der Waals surface area contributed by atoms with Crippen molar-refractivity contribution >= 4 is 6.29 Å². The molecule has 0 saturated heterocycles. The van der Waals surface area contributed by atoms with E-state index >= 15 is 0 Å². The van der Waals surface area contributed by atoms with Gasteiger partial charge in [0.1, 0.15) is 6.29 Å². The third kappa shape index (κ3) is 9.78. The molecule has 0 aliphatic rings. The summed E-state index contributed by atoms with van der Waals surface area (Å²) in [5.74, 6) is 0. The van der Waals surface area contributed by atoms with Crippen molar-refractivity contribution in [2.45, 2.75) is 6.92 Å². The quantitative estimate of drug-likeness (QED) is 0.327. The minimum atomic E-state index is 0. The van der Waals surface area contributed by atoms with Crippen LogP contribution in [0.2, 0.25) is 0 Å². The van der Waals surface area contributed by atoms with Crippen LogP contribution < -0.4 is 58.2 Å². The van der Waals surface area contributed by atoms with E-state index in [1.165, 1.54) is 6.92 Å². The molecule has 0 spiro atoms. The molecule has 0 rings (SSSR count). The molecular formula is C2H5ORb. The van der Waals surface area contributed by atoms with Gasteiger partial charge in [-0.1, -0.05) is 0 Å². The van der Waals surface area contributed by atoms with Crippen LogP contribution in [0.25, 0.3) is 0 Å². The van der Waals surface area contributed by atoms with Crippen LogP contribution in [0.4, 0.5) is 0 Å². The maximum atomic E-state index is 8.81. The van der Waals surface area contributed by atoms with E-state index in [4.69, 9.17) is 4.79 Å². The van der Waals surface area contributed by atoms with Crippen molar-refractivity contribution in [3.63, 3.8) is 0 Å². The summed E-state index contributed by atoms with van der Waals surface area (Å²) in [6.07, 6.45) is 0.750. The Morgan fingerprint density at radius 3 is 2.00 bits per heavy atom. The summed E-state index contributed by atoms with van der Waals surface area (Å²) in [5.41, 5.74) is 0. The number of hydrogen-bond acceptors (Lipinski definition) is 1. The predicted octanol–water partition coefficient (Wildman–Crippen LogP) is -2.68. The van der Waals surface area contributed by atoms with Crippen molar-refractivity contribution in [1.29, 1.82) is 0 Å². The number of carbonyl (C=O) groups is 1. The summed E-state index contributed by atoms with van der Waals surface area (Å²) in [4.78, 5) is 8.81. The minimum Gasteiger partial charge on any atom is -1.00 e. The monoisotopic (exact) mass is 130 g/mol. The van der Waals surface area contributed by atoms with Gasteiger partial charge in [-0.3, -0.25) is 0 Å². The van der Waals surface area contributed by atoms with Crippen LogP contribution in [0.15, 0.2) is 0 Å². The second-order valence-corrected chi connectivity index (χ2v) is 0.236. The Hall–Kier alpha value is 1.48. The molecule has 0 aromatic heterocycles. The standard InChI is InChI=1S/C2H4O.Rb.H/c1-2-3;;/h2H,1H3;;/q;+1;-1. The molecule has 1 nitrogen and oxygen atoms in total. The van der Waals surface area contributed by atoms with Gasteiger partial charge in [0.2, 0.25) is 0 Å². The third-order valence-electron chi connectivity index (χ3n) is 0. The van der Waals surface area contributed by atoms with E-state index in [2.05, 4.69) is 0 Å². The fraction of sp³-hybridized carbons (Fsp3) is 0.500. The normalized spacial score (nSPS) is 3.25. The Labute approximate surface area is 76.0 Å². The summed E-state index contributed by atoms with van der Waals surface area (Å²) in [6.45, 7) is 1.44. The maximum Gasteiger partial charge on any atom is 1.00 e. The van der Waals surface area contributed by atoms with E-state index in [0.717, 1.165) is 6.29 Å². The van der Waals surface area contributed by atoms with Gasteiger partial charge in [0, 0.05) is 0 Å². The van der Waals surface area contributed by atoms with Crippen LogP contribution in [0, 0.1) is 0 Å². The smallest absolute Gasteiger partial charge is 1.00 e. The fourth-order valence-corrected chi connectivity index (χ4v) is 0. The Balaban J connectivity index is -0.0000000200. The van der Waals surface area contributed by atoms with Gasteiger partial charge >= 0.3 is 58.2 Å². The number of carbonyl (C=O) groups excluding carboxylic acids is 1. The van der Waals surface area contributed by atoms with Crippen molar-refractivity contribution in [3.05, 3.63) is 0 Å². The van der Waals surface area contributed by atoms with E-state index < -0.39 is 0 Å². The van der Waals surface area contributed by atoms with Crippen molar-refractivity contribution in [1.82, 2.24) is 0 Å². The number of aldehydes is 1. The first-order chi connectivity index (χ1) is 1.41. The molecule has 0 aliphatic carbocycles. The first-order valence-electron chi connectivity index (χ1n) is 0.813. The first kappa shape index (κ1) is 9.08. The first-order valence-corrected chi connectivity index (χ1v) is 0.813. The van der Waals surface area contributed by atoms with E-state index in [1.807, 2.05) is 0 Å². The SMILES string of the molecule is CC=O.[H-].[Rb+]. The van der Waals surface area contributed by atoms with Gasteiger partial charge in [0.15, 0.2) is 0 Å². The topological polar surface area (TPSA) is 17.1 Å². The second-order valence-electron chi connectivity index (χ2n) is 0.236. The summed E-state index contributed by atoms with van der Waals surface area (Å²) in [6, 6.07) is 0. The molecule has 0 aliphatic heterocycles. The van der Waals surface area contributed by atoms with E-state index in [1.54, 1.807) is 0 Å². The van der Waals surface area contributed by atoms with Gasteiger partial charge in [0.25, 0.3) is 0 Å². The molecule has 0 radical (unpaired) electrons. The number of hydrogen-bond donors (Lipinski definition) is 0. The van der Waals surface area contributed by atoms with E-state index in [9.17, 15) is 0 Å². The molecule has 20 valence electrons. The largest absolute Gasteiger partial charge is 1.00 e. The molecule has 0 N–H and O–H groups in total. The Kier molecular flexibility index (Phi) is 20.0. The van der Waals surface area contributed by atoms with Crippen molar-refractivity contribution in [3.8, 4) is 0 Å². The van der Waals surface area contributed by atoms with Crippen LogP contribution in [0.3, 0.4) is 0 Å². The summed E-state index contributed by atoms with van der Waals surface area (Å²) in [7, 11) is 0. The molecule has 4 heavy (non-hydrogen) atoms. The zero-order valence-corrected chi connectivity index (χ0v) is 7.90. The van der Waals surface area contributed by atoms with Crippen molar-refractivity contribution in [2.24, 2.45) is 0 Å². The van der Waals surface area contributed by atoms with Gasteiger partial charge in [-0.15, -0.1) is 0 Å². The van der Waals surface area contributed by atoms with Gasteiger partial charge in [0.05, 0.1) is 0 Å². The molecule has 0 unspecified atom stereocenters. The average Bonchev–Trinajstić information content (AvgIpc) is 0.918. The maximum absolute atomic E-state index is 8.81. The zero-order chi connectivity index (χ0) is 2.71. The van der Waals surface area contributed by atoms with Gasteiger partial charge in [-0.2, -0.15) is 0 Å². The Morgan fingerprint density at radius 1 is 2.00 bits per heavy atom. The Morgan fingerprint density at radius 2 is 2.00 bits per heavy atom. The molecule has 0 amide bonds. The molecule has 0 aromatic rings. The summed E-state index contributed by atoms with van der Waals surface area (Å²) < 4.78 is 0. The Bertz CT molecular complexity index is 17.1. The second kappa shape index (κ2) is 8.82. The van der Waals surface area contributed by atoms with E-state index in [0.29, 0.717) is 0 Å². The number of rotatable bonds is 0. The molecule has 0 saturated carbocycles. The van der Waals surface area contributed by atoms with Crippen LogP contribution in [-0.2, 0) is 4.79 Å². The van der Waals surface area contributed by atoms with Crippen LogP contribution >= 0.6 is 0 Å². The van der Waals surface area contributed by atoms with Gasteiger partial charge in [-0.05, 0) is 6.92 Å². The molecule has 0 heterocycles. The van der Waals surface area contributed by atoms with E-state index in [-0.39, 0.29) is 59.6 Å².